The van der Waals surface area contributed by atoms with Crippen LogP contribution in [0.2, 0.25) is 0 Å². The normalized spacial score (nSPS) is 13.6. The topological polar surface area (TPSA) is 99.6 Å². The molecule has 0 spiro atoms. The minimum absolute atomic E-state index is 0.165. The molecular weight excluding hydrogens is 346 g/mol. The first-order chi connectivity index (χ1) is 13.0. The van der Waals surface area contributed by atoms with Gasteiger partial charge in [-0.05, 0) is 37.1 Å². The Bertz CT molecular complexity index is 849. The molecule has 1 aliphatic heterocycles. The maximum Gasteiger partial charge on any atom is 0.335 e. The van der Waals surface area contributed by atoms with E-state index in [9.17, 15) is 14.4 Å². The molecule has 3 rings (SSSR count). The van der Waals surface area contributed by atoms with Crippen molar-refractivity contribution in [3.05, 3.63) is 53.7 Å². The Balaban J connectivity index is 1.53. The molecule has 1 saturated heterocycles. The van der Waals surface area contributed by atoms with Crippen LogP contribution in [0.3, 0.4) is 0 Å². The lowest BCUT2D eigenvalue weighted by Gasteiger charge is -2.15. The molecule has 1 aromatic carbocycles. The molecule has 7 heteroatoms. The molecule has 7 nitrogen and oxygen atoms in total. The van der Waals surface area contributed by atoms with Crippen LogP contribution in [-0.4, -0.2) is 52.4 Å². The molecule has 2 aromatic rings. The molecule has 140 valence electrons. The van der Waals surface area contributed by atoms with Crippen molar-refractivity contribution < 1.29 is 19.5 Å². The molecule has 2 N–H and O–H groups in total. The summed E-state index contributed by atoms with van der Waals surface area (Å²) in [5, 5.41) is 11.9. The zero-order chi connectivity index (χ0) is 19.2. The standard InChI is InChI=1S/C20H21N3O4/c24-18-3-1-11-23(18)12-2-9-22-19(25)15-6-4-14(5-7-15)17-13-16(20(26)27)8-10-21-17/h4-8,10,13H,1-3,9,11-12H2,(H,22,25)(H,26,27). The lowest BCUT2D eigenvalue weighted by atomic mass is 10.1. The van der Waals surface area contributed by atoms with E-state index in [1.54, 1.807) is 24.3 Å². The fraction of sp³-hybridized carbons (Fsp3) is 0.300. The molecule has 2 heterocycles. The number of carbonyl (C=O) groups excluding carboxylic acids is 2. The number of aromatic carboxylic acids is 1. The van der Waals surface area contributed by atoms with Crippen LogP contribution in [-0.2, 0) is 4.79 Å². The van der Waals surface area contributed by atoms with E-state index in [4.69, 9.17) is 5.11 Å². The van der Waals surface area contributed by atoms with Crippen LogP contribution < -0.4 is 5.32 Å². The van der Waals surface area contributed by atoms with Crippen molar-refractivity contribution in [3.63, 3.8) is 0 Å². The van der Waals surface area contributed by atoms with Gasteiger partial charge in [0, 0.05) is 43.4 Å². The minimum Gasteiger partial charge on any atom is -0.478 e. The highest BCUT2D eigenvalue weighted by Gasteiger charge is 2.19. The van der Waals surface area contributed by atoms with E-state index in [-0.39, 0.29) is 17.4 Å². The number of carboxylic acid groups (broad SMARTS) is 1. The van der Waals surface area contributed by atoms with Crippen LogP contribution >= 0.6 is 0 Å². The number of nitrogens with zero attached hydrogens (tertiary/aromatic N) is 2. The number of amides is 2. The van der Waals surface area contributed by atoms with Gasteiger partial charge in [0.05, 0.1) is 11.3 Å². The third-order valence-corrected chi connectivity index (χ3v) is 4.51. The van der Waals surface area contributed by atoms with Gasteiger partial charge in [-0.25, -0.2) is 4.79 Å². The number of hydrogen-bond donors (Lipinski definition) is 2. The van der Waals surface area contributed by atoms with Crippen molar-refractivity contribution in [3.8, 4) is 11.3 Å². The van der Waals surface area contributed by atoms with Gasteiger partial charge in [0.25, 0.3) is 5.91 Å². The second kappa shape index (κ2) is 8.44. The Labute approximate surface area is 157 Å². The second-order valence-electron chi connectivity index (χ2n) is 6.41. The molecule has 0 unspecified atom stereocenters. The molecule has 0 aliphatic carbocycles. The average Bonchev–Trinajstić information content (AvgIpc) is 3.10. The van der Waals surface area contributed by atoms with Crippen LogP contribution in [0, 0.1) is 0 Å². The van der Waals surface area contributed by atoms with Crippen LogP contribution in [0.4, 0.5) is 0 Å². The molecule has 0 bridgehead atoms. The maximum absolute atomic E-state index is 12.2. The molecule has 0 radical (unpaired) electrons. The number of rotatable bonds is 7. The number of hydrogen-bond acceptors (Lipinski definition) is 4. The lowest BCUT2D eigenvalue weighted by Crippen LogP contribution is -2.30. The first-order valence-electron chi connectivity index (χ1n) is 8.90. The highest BCUT2D eigenvalue weighted by Crippen LogP contribution is 2.18. The van der Waals surface area contributed by atoms with Crippen molar-refractivity contribution in [2.45, 2.75) is 19.3 Å². The maximum atomic E-state index is 12.2. The van der Waals surface area contributed by atoms with E-state index in [0.29, 0.717) is 30.8 Å². The van der Waals surface area contributed by atoms with Gasteiger partial charge in [0.1, 0.15) is 0 Å². The van der Waals surface area contributed by atoms with Crippen molar-refractivity contribution in [1.82, 2.24) is 15.2 Å². The predicted octanol–water partition coefficient (Wildman–Crippen LogP) is 2.19. The first-order valence-corrected chi connectivity index (χ1v) is 8.90. The molecule has 0 saturated carbocycles. The smallest absolute Gasteiger partial charge is 0.335 e. The van der Waals surface area contributed by atoms with Gasteiger partial charge in [0.2, 0.25) is 5.91 Å². The number of likely N-dealkylation sites (tertiary alicyclic amines) is 1. The fourth-order valence-electron chi connectivity index (χ4n) is 3.03. The number of carbonyl (C=O) groups is 3. The number of nitrogens with one attached hydrogen (secondary N) is 1. The van der Waals surface area contributed by atoms with Gasteiger partial charge in [-0.15, -0.1) is 0 Å². The van der Waals surface area contributed by atoms with E-state index in [1.165, 1.54) is 18.3 Å². The van der Waals surface area contributed by atoms with E-state index in [0.717, 1.165) is 24.9 Å². The predicted molar refractivity (Wildman–Crippen MR) is 99.4 cm³/mol. The zero-order valence-corrected chi connectivity index (χ0v) is 14.9. The Kier molecular flexibility index (Phi) is 5.80. The van der Waals surface area contributed by atoms with Crippen LogP contribution in [0.5, 0.6) is 0 Å². The SMILES string of the molecule is O=C(O)c1ccnc(-c2ccc(C(=O)NCCCN3CCCC3=O)cc2)c1. The summed E-state index contributed by atoms with van der Waals surface area (Å²) in [6.07, 6.45) is 3.72. The van der Waals surface area contributed by atoms with Gasteiger partial charge < -0.3 is 15.3 Å². The quantitative estimate of drug-likeness (QED) is 0.731. The molecule has 1 aliphatic rings. The summed E-state index contributed by atoms with van der Waals surface area (Å²) in [5.41, 5.74) is 1.96. The zero-order valence-electron chi connectivity index (χ0n) is 14.9. The summed E-state index contributed by atoms with van der Waals surface area (Å²) >= 11 is 0. The molecular formula is C20H21N3O4. The third kappa shape index (κ3) is 4.69. The number of carboxylic acids is 1. The summed E-state index contributed by atoms with van der Waals surface area (Å²) < 4.78 is 0. The average molecular weight is 367 g/mol. The Morgan fingerprint density at radius 3 is 2.59 bits per heavy atom. The molecule has 27 heavy (non-hydrogen) atoms. The summed E-state index contributed by atoms with van der Waals surface area (Å²) in [7, 11) is 0. The van der Waals surface area contributed by atoms with Crippen LogP contribution in [0.15, 0.2) is 42.6 Å². The summed E-state index contributed by atoms with van der Waals surface area (Å²) in [6, 6.07) is 9.78. The molecule has 1 fully saturated rings. The van der Waals surface area contributed by atoms with Crippen molar-refractivity contribution >= 4 is 17.8 Å². The summed E-state index contributed by atoms with van der Waals surface area (Å²) in [5.74, 6) is -0.996. The number of pyridine rings is 1. The van der Waals surface area contributed by atoms with Gasteiger partial charge in [-0.2, -0.15) is 0 Å². The summed E-state index contributed by atoms with van der Waals surface area (Å²) in [6.45, 7) is 1.99. The van der Waals surface area contributed by atoms with Gasteiger partial charge in [0.15, 0.2) is 0 Å². The Morgan fingerprint density at radius 1 is 1.15 bits per heavy atom. The van der Waals surface area contributed by atoms with E-state index >= 15 is 0 Å². The van der Waals surface area contributed by atoms with Crippen molar-refractivity contribution in [2.24, 2.45) is 0 Å². The van der Waals surface area contributed by atoms with Gasteiger partial charge in [-0.3, -0.25) is 14.6 Å². The highest BCUT2D eigenvalue weighted by atomic mass is 16.4. The highest BCUT2D eigenvalue weighted by molar-refractivity contribution is 5.94. The van der Waals surface area contributed by atoms with E-state index in [2.05, 4.69) is 10.3 Å². The van der Waals surface area contributed by atoms with E-state index in [1.807, 2.05) is 4.90 Å². The second-order valence-corrected chi connectivity index (χ2v) is 6.41. The Morgan fingerprint density at radius 2 is 1.93 bits per heavy atom. The van der Waals surface area contributed by atoms with Crippen molar-refractivity contribution in [2.75, 3.05) is 19.6 Å². The fourth-order valence-corrected chi connectivity index (χ4v) is 3.03. The number of benzene rings is 1. The van der Waals surface area contributed by atoms with Gasteiger partial charge in [-0.1, -0.05) is 12.1 Å². The monoisotopic (exact) mass is 367 g/mol. The largest absolute Gasteiger partial charge is 0.478 e. The Hall–Kier alpha value is -3.22. The van der Waals surface area contributed by atoms with Crippen LogP contribution in [0.25, 0.3) is 11.3 Å². The molecule has 2 amide bonds. The summed E-state index contributed by atoms with van der Waals surface area (Å²) in [4.78, 5) is 40.8. The molecule has 0 atom stereocenters. The number of aromatic nitrogens is 1. The van der Waals surface area contributed by atoms with Crippen molar-refractivity contribution in [1.29, 1.82) is 0 Å². The van der Waals surface area contributed by atoms with Crippen LogP contribution in [0.1, 0.15) is 40.0 Å². The first kappa shape index (κ1) is 18.6. The van der Waals surface area contributed by atoms with E-state index < -0.39 is 5.97 Å². The lowest BCUT2D eigenvalue weighted by molar-refractivity contribution is -0.127. The molecule has 1 aromatic heterocycles. The third-order valence-electron chi connectivity index (χ3n) is 4.51. The van der Waals surface area contributed by atoms with Gasteiger partial charge >= 0.3 is 5.97 Å². The minimum atomic E-state index is -1.01.